The molecule has 7 heteroatoms. The highest BCUT2D eigenvalue weighted by molar-refractivity contribution is 7.98. The van der Waals surface area contributed by atoms with Crippen LogP contribution < -0.4 is 10.6 Å². The van der Waals surface area contributed by atoms with Crippen molar-refractivity contribution in [3.63, 3.8) is 0 Å². The fourth-order valence-electron chi connectivity index (χ4n) is 3.52. The predicted molar refractivity (Wildman–Crippen MR) is 108 cm³/mol. The standard InChI is InChI=1S/C20H21N5OS/c1-13-16(18(26)22-15-11-7-4-8-12-15)17(14-9-5-3-6-10-14)25-19(21-13)23-20(24-25)27-2/h3-13,16-17H,1-2H3,(H,22,26)(H,21,23,24)/t13-,16-,17-/m1/s1. The molecule has 0 bridgehead atoms. The third-order valence-electron chi connectivity index (χ3n) is 4.78. The predicted octanol–water partition coefficient (Wildman–Crippen LogP) is 3.66. The van der Waals surface area contributed by atoms with Gasteiger partial charge in [-0.3, -0.25) is 4.79 Å². The summed E-state index contributed by atoms with van der Waals surface area (Å²) in [7, 11) is 0. The van der Waals surface area contributed by atoms with E-state index in [2.05, 4.69) is 20.7 Å². The number of benzene rings is 2. The summed E-state index contributed by atoms with van der Waals surface area (Å²) in [5.41, 5.74) is 1.83. The van der Waals surface area contributed by atoms with Gasteiger partial charge in [-0.15, -0.1) is 5.10 Å². The molecule has 3 atom stereocenters. The molecule has 0 saturated carbocycles. The lowest BCUT2D eigenvalue weighted by Crippen LogP contribution is -2.46. The van der Waals surface area contributed by atoms with Crippen LogP contribution in [0.3, 0.4) is 0 Å². The van der Waals surface area contributed by atoms with Gasteiger partial charge in [-0.05, 0) is 30.9 Å². The molecule has 1 aliphatic heterocycles. The van der Waals surface area contributed by atoms with Crippen LogP contribution in [0.2, 0.25) is 0 Å². The minimum atomic E-state index is -0.337. The molecule has 1 amide bonds. The number of carbonyl (C=O) groups excluding carboxylic acids is 1. The van der Waals surface area contributed by atoms with Crippen molar-refractivity contribution in [2.24, 2.45) is 5.92 Å². The minimum Gasteiger partial charge on any atom is -0.351 e. The first kappa shape index (κ1) is 17.6. The van der Waals surface area contributed by atoms with Gasteiger partial charge in [0.15, 0.2) is 0 Å². The van der Waals surface area contributed by atoms with Gasteiger partial charge in [0.2, 0.25) is 17.0 Å². The molecule has 0 saturated heterocycles. The van der Waals surface area contributed by atoms with E-state index < -0.39 is 0 Å². The summed E-state index contributed by atoms with van der Waals surface area (Å²) in [4.78, 5) is 17.8. The summed E-state index contributed by atoms with van der Waals surface area (Å²) in [6.45, 7) is 2.02. The summed E-state index contributed by atoms with van der Waals surface area (Å²) in [5, 5.41) is 11.7. The van der Waals surface area contributed by atoms with E-state index in [1.165, 1.54) is 11.8 Å². The van der Waals surface area contributed by atoms with Crippen molar-refractivity contribution < 1.29 is 4.79 Å². The van der Waals surface area contributed by atoms with Crippen molar-refractivity contribution in [1.29, 1.82) is 0 Å². The first-order chi connectivity index (χ1) is 13.2. The molecular weight excluding hydrogens is 358 g/mol. The van der Waals surface area contributed by atoms with Crippen LogP contribution in [0.4, 0.5) is 11.6 Å². The number of anilines is 2. The lowest BCUT2D eigenvalue weighted by molar-refractivity contribution is -0.121. The third-order valence-corrected chi connectivity index (χ3v) is 5.32. The number of nitrogens with zero attached hydrogens (tertiary/aromatic N) is 3. The third kappa shape index (κ3) is 3.42. The minimum absolute atomic E-state index is 0.0399. The van der Waals surface area contributed by atoms with Gasteiger partial charge < -0.3 is 10.6 Å². The second-order valence-electron chi connectivity index (χ2n) is 6.54. The van der Waals surface area contributed by atoms with Crippen LogP contribution >= 0.6 is 11.8 Å². The number of aromatic nitrogens is 3. The smallest absolute Gasteiger partial charge is 0.232 e. The number of thioether (sulfide) groups is 1. The van der Waals surface area contributed by atoms with Crippen molar-refractivity contribution in [3.05, 3.63) is 66.2 Å². The number of hydrogen-bond acceptors (Lipinski definition) is 5. The normalized spacial score (nSPS) is 21.2. The summed E-state index contributed by atoms with van der Waals surface area (Å²) in [6, 6.07) is 19.2. The molecule has 0 aliphatic carbocycles. The zero-order valence-electron chi connectivity index (χ0n) is 15.2. The SMILES string of the molecule is CSc1nc2n(n1)[C@H](c1ccccc1)[C@H](C(=O)Nc1ccccc1)[C@@H](C)N2. The Bertz CT molecular complexity index is 928. The Morgan fingerprint density at radius 1 is 1.11 bits per heavy atom. The summed E-state index contributed by atoms with van der Waals surface area (Å²) in [5.74, 6) is 0.322. The van der Waals surface area contributed by atoms with Crippen LogP contribution in [0.1, 0.15) is 18.5 Å². The Hall–Kier alpha value is -2.80. The molecule has 3 aromatic rings. The number of para-hydroxylation sites is 1. The van der Waals surface area contributed by atoms with Gasteiger partial charge in [0, 0.05) is 11.7 Å². The number of fused-ring (bicyclic) bond motifs is 1. The van der Waals surface area contributed by atoms with Gasteiger partial charge in [0.25, 0.3) is 0 Å². The van der Waals surface area contributed by atoms with E-state index in [0.29, 0.717) is 11.1 Å². The summed E-state index contributed by atoms with van der Waals surface area (Å²) >= 11 is 1.49. The molecule has 6 nitrogen and oxygen atoms in total. The van der Waals surface area contributed by atoms with Crippen molar-refractivity contribution in [2.45, 2.75) is 24.2 Å². The van der Waals surface area contributed by atoms with Gasteiger partial charge in [-0.25, -0.2) is 4.68 Å². The summed E-state index contributed by atoms with van der Waals surface area (Å²) in [6.07, 6.45) is 1.95. The van der Waals surface area contributed by atoms with E-state index in [0.717, 1.165) is 11.3 Å². The van der Waals surface area contributed by atoms with Crippen LogP contribution in [-0.4, -0.2) is 33.0 Å². The number of carbonyl (C=O) groups is 1. The molecule has 0 spiro atoms. The van der Waals surface area contributed by atoms with E-state index in [1.54, 1.807) is 0 Å². The highest BCUT2D eigenvalue weighted by Gasteiger charge is 2.41. The molecule has 138 valence electrons. The van der Waals surface area contributed by atoms with Gasteiger partial charge >= 0.3 is 0 Å². The summed E-state index contributed by atoms with van der Waals surface area (Å²) < 4.78 is 1.84. The van der Waals surface area contributed by atoms with Gasteiger partial charge in [-0.2, -0.15) is 4.98 Å². The molecule has 0 fully saturated rings. The van der Waals surface area contributed by atoms with Gasteiger partial charge in [0.05, 0.1) is 12.0 Å². The monoisotopic (exact) mass is 379 g/mol. The second kappa shape index (κ2) is 7.44. The molecule has 2 N–H and O–H groups in total. The molecule has 2 heterocycles. The Kier molecular flexibility index (Phi) is 4.85. The second-order valence-corrected chi connectivity index (χ2v) is 7.31. The highest BCUT2D eigenvalue weighted by atomic mass is 32.2. The Morgan fingerprint density at radius 2 is 1.78 bits per heavy atom. The zero-order valence-corrected chi connectivity index (χ0v) is 16.0. The van der Waals surface area contributed by atoms with Crippen LogP contribution in [0, 0.1) is 5.92 Å². The van der Waals surface area contributed by atoms with Crippen LogP contribution in [0.15, 0.2) is 65.8 Å². The average Bonchev–Trinajstić information content (AvgIpc) is 3.11. The maximum absolute atomic E-state index is 13.2. The topological polar surface area (TPSA) is 71.8 Å². The van der Waals surface area contributed by atoms with E-state index in [9.17, 15) is 4.79 Å². The zero-order chi connectivity index (χ0) is 18.8. The maximum atomic E-state index is 13.2. The number of amides is 1. The Labute approximate surface area is 162 Å². The molecular formula is C20H21N5OS. The Balaban J connectivity index is 1.75. The first-order valence-corrected chi connectivity index (χ1v) is 10.1. The van der Waals surface area contributed by atoms with E-state index in [-0.39, 0.29) is 23.9 Å². The van der Waals surface area contributed by atoms with Crippen molar-refractivity contribution >= 4 is 29.3 Å². The van der Waals surface area contributed by atoms with Crippen molar-refractivity contribution in [3.8, 4) is 0 Å². The molecule has 1 aliphatic rings. The van der Waals surface area contributed by atoms with E-state index in [1.807, 2.05) is 78.5 Å². The Morgan fingerprint density at radius 3 is 2.44 bits per heavy atom. The van der Waals surface area contributed by atoms with Crippen molar-refractivity contribution in [1.82, 2.24) is 14.8 Å². The number of nitrogens with one attached hydrogen (secondary N) is 2. The molecule has 2 aromatic carbocycles. The maximum Gasteiger partial charge on any atom is 0.232 e. The fraction of sp³-hybridized carbons (Fsp3) is 0.250. The first-order valence-electron chi connectivity index (χ1n) is 8.85. The highest BCUT2D eigenvalue weighted by Crippen LogP contribution is 2.37. The fourth-order valence-corrected chi connectivity index (χ4v) is 3.87. The largest absolute Gasteiger partial charge is 0.351 e. The van der Waals surface area contributed by atoms with Gasteiger partial charge in [-0.1, -0.05) is 60.3 Å². The van der Waals surface area contributed by atoms with Crippen molar-refractivity contribution in [2.75, 3.05) is 16.9 Å². The lowest BCUT2D eigenvalue weighted by atomic mass is 9.85. The number of hydrogen-bond donors (Lipinski definition) is 2. The molecule has 1 aromatic heterocycles. The molecule has 0 unspecified atom stereocenters. The number of rotatable bonds is 4. The quantitative estimate of drug-likeness (QED) is 0.677. The van der Waals surface area contributed by atoms with Gasteiger partial charge in [0.1, 0.15) is 0 Å². The van der Waals surface area contributed by atoms with Crippen LogP contribution in [0.5, 0.6) is 0 Å². The van der Waals surface area contributed by atoms with Crippen LogP contribution in [-0.2, 0) is 4.79 Å². The molecule has 27 heavy (non-hydrogen) atoms. The van der Waals surface area contributed by atoms with E-state index in [4.69, 9.17) is 0 Å². The van der Waals surface area contributed by atoms with Crippen LogP contribution in [0.25, 0.3) is 0 Å². The molecule has 4 rings (SSSR count). The average molecular weight is 379 g/mol. The van der Waals surface area contributed by atoms with E-state index >= 15 is 0 Å². The lowest BCUT2D eigenvalue weighted by Gasteiger charge is -2.36. The molecule has 0 radical (unpaired) electrons.